The van der Waals surface area contributed by atoms with Crippen LogP contribution < -0.4 is 10.6 Å². The van der Waals surface area contributed by atoms with Crippen molar-refractivity contribution in [3.05, 3.63) is 72.0 Å². The maximum atomic E-state index is 13.8. The number of amides is 2. The van der Waals surface area contributed by atoms with Gasteiger partial charge < -0.3 is 20.2 Å². The number of aryl methyl sites for hydroxylation is 1. The predicted octanol–water partition coefficient (Wildman–Crippen LogP) is 2.67. The minimum atomic E-state index is -0.419. The number of hydrogen-bond acceptors (Lipinski definition) is 5. The fraction of sp³-hybridized carbons (Fsp3) is 0.190. The number of oxazole rings is 1. The van der Waals surface area contributed by atoms with Crippen LogP contribution in [0.25, 0.3) is 11.3 Å². The molecule has 0 aliphatic heterocycles. The minimum Gasteiger partial charge on any atom is -0.507 e. The average Bonchev–Trinajstić information content (AvgIpc) is 3.19. The van der Waals surface area contributed by atoms with Gasteiger partial charge in [0.15, 0.2) is 11.7 Å². The molecule has 0 spiro atoms. The van der Waals surface area contributed by atoms with E-state index in [1.165, 1.54) is 24.4 Å². The van der Waals surface area contributed by atoms with Crippen LogP contribution in [0, 0.1) is 5.82 Å². The van der Waals surface area contributed by atoms with Gasteiger partial charge in [-0.25, -0.2) is 9.37 Å². The summed E-state index contributed by atoms with van der Waals surface area (Å²) in [5, 5.41) is 14.9. The van der Waals surface area contributed by atoms with Crippen LogP contribution in [-0.2, 0) is 11.2 Å². The molecule has 0 bridgehead atoms. The van der Waals surface area contributed by atoms with Gasteiger partial charge in [0.05, 0.1) is 17.3 Å². The fourth-order valence-corrected chi connectivity index (χ4v) is 2.66. The molecule has 8 heteroatoms. The van der Waals surface area contributed by atoms with Gasteiger partial charge in [-0.05, 0) is 24.3 Å². The Bertz CT molecular complexity index is 1000. The summed E-state index contributed by atoms with van der Waals surface area (Å²) < 4.78 is 19.3. The molecule has 0 atom stereocenters. The van der Waals surface area contributed by atoms with Crippen LogP contribution in [-0.4, -0.2) is 35.0 Å². The number of rotatable bonds is 8. The first kappa shape index (κ1) is 20.1. The largest absolute Gasteiger partial charge is 0.507 e. The molecule has 0 aliphatic carbocycles. The Labute approximate surface area is 166 Å². The van der Waals surface area contributed by atoms with Gasteiger partial charge in [0, 0.05) is 25.9 Å². The van der Waals surface area contributed by atoms with E-state index in [4.69, 9.17) is 4.42 Å². The van der Waals surface area contributed by atoms with Crippen LogP contribution in [0.2, 0.25) is 0 Å². The number of para-hydroxylation sites is 1. The highest BCUT2D eigenvalue weighted by atomic mass is 19.1. The average molecular weight is 397 g/mol. The molecule has 3 rings (SSSR count). The lowest BCUT2D eigenvalue weighted by Gasteiger charge is -2.07. The van der Waals surface area contributed by atoms with Crippen molar-refractivity contribution in [1.29, 1.82) is 0 Å². The summed E-state index contributed by atoms with van der Waals surface area (Å²) >= 11 is 0. The lowest BCUT2D eigenvalue weighted by atomic mass is 10.2. The van der Waals surface area contributed by atoms with E-state index in [1.807, 2.05) is 0 Å². The number of hydrogen-bond donors (Lipinski definition) is 3. The first-order chi connectivity index (χ1) is 14.0. The van der Waals surface area contributed by atoms with Crippen molar-refractivity contribution in [2.75, 3.05) is 13.1 Å². The summed E-state index contributed by atoms with van der Waals surface area (Å²) in [5.74, 6) is -0.504. The van der Waals surface area contributed by atoms with Crippen molar-refractivity contribution < 1.29 is 23.5 Å². The van der Waals surface area contributed by atoms with E-state index in [0.717, 1.165) is 0 Å². The molecule has 1 aromatic heterocycles. The van der Waals surface area contributed by atoms with Gasteiger partial charge in [-0.2, -0.15) is 0 Å². The molecule has 2 aromatic carbocycles. The number of carbonyl (C=O) groups excluding carboxylic acids is 2. The van der Waals surface area contributed by atoms with Crippen molar-refractivity contribution in [3.63, 3.8) is 0 Å². The van der Waals surface area contributed by atoms with Crippen LogP contribution in [0.3, 0.4) is 0 Å². The van der Waals surface area contributed by atoms with Crippen LogP contribution in [0.1, 0.15) is 22.7 Å². The van der Waals surface area contributed by atoms with Crippen molar-refractivity contribution in [2.45, 2.75) is 12.8 Å². The summed E-state index contributed by atoms with van der Waals surface area (Å²) in [6.07, 6.45) is 1.84. The molecule has 3 aromatic rings. The third-order valence-corrected chi connectivity index (χ3v) is 4.14. The molecule has 29 heavy (non-hydrogen) atoms. The van der Waals surface area contributed by atoms with Gasteiger partial charge in [0.25, 0.3) is 5.91 Å². The fourth-order valence-electron chi connectivity index (χ4n) is 2.66. The molecule has 0 fully saturated rings. The van der Waals surface area contributed by atoms with Crippen molar-refractivity contribution in [2.24, 2.45) is 0 Å². The number of carbonyl (C=O) groups is 2. The summed E-state index contributed by atoms with van der Waals surface area (Å²) in [6.45, 7) is 0.458. The number of benzene rings is 2. The third kappa shape index (κ3) is 5.41. The van der Waals surface area contributed by atoms with Crippen molar-refractivity contribution >= 4 is 11.8 Å². The maximum Gasteiger partial charge on any atom is 0.255 e. The number of halogens is 1. The normalized spacial score (nSPS) is 10.5. The predicted molar refractivity (Wildman–Crippen MR) is 104 cm³/mol. The standard InChI is InChI=1S/C21H20FN3O4/c22-16-7-3-1-5-14(16)18-13-25-20(29-18)10-9-19(27)23-11-12-24-21(28)15-6-2-4-8-17(15)26/h1-8,13,26H,9-12H2,(H,23,27)(H,24,28). The molecule has 0 saturated carbocycles. The van der Waals surface area contributed by atoms with E-state index < -0.39 is 11.7 Å². The summed E-state index contributed by atoms with van der Waals surface area (Å²) in [4.78, 5) is 27.9. The van der Waals surface area contributed by atoms with Gasteiger partial charge in [0.1, 0.15) is 11.6 Å². The second-order valence-electron chi connectivity index (χ2n) is 6.22. The number of nitrogens with one attached hydrogen (secondary N) is 2. The Kier molecular flexibility index (Phi) is 6.57. The zero-order valence-electron chi connectivity index (χ0n) is 15.5. The molecule has 1 heterocycles. The number of aromatic hydroxyl groups is 1. The van der Waals surface area contributed by atoms with Gasteiger partial charge >= 0.3 is 0 Å². The molecule has 0 saturated heterocycles. The highest BCUT2D eigenvalue weighted by molar-refractivity contribution is 5.96. The zero-order chi connectivity index (χ0) is 20.6. The molecule has 7 nitrogen and oxygen atoms in total. The Hall–Kier alpha value is -3.68. The smallest absolute Gasteiger partial charge is 0.255 e. The first-order valence-electron chi connectivity index (χ1n) is 9.07. The Balaban J connectivity index is 1.39. The van der Waals surface area contributed by atoms with E-state index in [2.05, 4.69) is 15.6 Å². The molecule has 0 radical (unpaired) electrons. The van der Waals surface area contributed by atoms with Gasteiger partial charge in [0.2, 0.25) is 5.91 Å². The topological polar surface area (TPSA) is 104 Å². The van der Waals surface area contributed by atoms with Crippen LogP contribution in [0.5, 0.6) is 5.75 Å². The van der Waals surface area contributed by atoms with Crippen LogP contribution >= 0.6 is 0 Å². The minimum absolute atomic E-state index is 0.102. The van der Waals surface area contributed by atoms with Gasteiger partial charge in [-0.15, -0.1) is 0 Å². The summed E-state index contributed by atoms with van der Waals surface area (Å²) in [7, 11) is 0. The molecule has 0 aliphatic rings. The van der Waals surface area contributed by atoms with Gasteiger partial charge in [-0.1, -0.05) is 24.3 Å². The Morgan fingerprint density at radius 2 is 1.76 bits per heavy atom. The highest BCUT2D eigenvalue weighted by Gasteiger charge is 2.12. The third-order valence-electron chi connectivity index (χ3n) is 4.14. The van der Waals surface area contributed by atoms with Crippen molar-refractivity contribution in [1.82, 2.24) is 15.6 Å². The lowest BCUT2D eigenvalue weighted by molar-refractivity contribution is -0.121. The zero-order valence-corrected chi connectivity index (χ0v) is 15.5. The number of nitrogens with zero attached hydrogens (tertiary/aromatic N) is 1. The monoisotopic (exact) mass is 397 g/mol. The quantitative estimate of drug-likeness (QED) is 0.507. The SMILES string of the molecule is O=C(CCc1ncc(-c2ccccc2F)o1)NCCNC(=O)c1ccccc1O. The van der Waals surface area contributed by atoms with Crippen LogP contribution in [0.15, 0.2) is 59.1 Å². The molecule has 3 N–H and O–H groups in total. The number of phenols is 1. The number of phenolic OH excluding ortho intramolecular Hbond substituents is 1. The molecule has 2 amide bonds. The second kappa shape index (κ2) is 9.50. The van der Waals surface area contributed by atoms with E-state index in [9.17, 15) is 19.1 Å². The van der Waals surface area contributed by atoms with E-state index in [0.29, 0.717) is 17.2 Å². The maximum absolute atomic E-state index is 13.8. The van der Waals surface area contributed by atoms with E-state index in [1.54, 1.807) is 30.3 Å². The molecule has 0 unspecified atom stereocenters. The van der Waals surface area contributed by atoms with Crippen molar-refractivity contribution in [3.8, 4) is 17.1 Å². The molecule has 150 valence electrons. The van der Waals surface area contributed by atoms with Gasteiger partial charge in [-0.3, -0.25) is 9.59 Å². The lowest BCUT2D eigenvalue weighted by Crippen LogP contribution is -2.34. The van der Waals surface area contributed by atoms with E-state index >= 15 is 0 Å². The molecular weight excluding hydrogens is 377 g/mol. The first-order valence-corrected chi connectivity index (χ1v) is 9.07. The van der Waals surface area contributed by atoms with E-state index in [-0.39, 0.29) is 43.2 Å². The summed E-state index contributed by atoms with van der Waals surface area (Å²) in [5.41, 5.74) is 0.490. The Morgan fingerprint density at radius 1 is 1.03 bits per heavy atom. The summed E-state index contributed by atoms with van der Waals surface area (Å²) in [6, 6.07) is 12.4. The highest BCUT2D eigenvalue weighted by Crippen LogP contribution is 2.23. The second-order valence-corrected chi connectivity index (χ2v) is 6.22. The van der Waals surface area contributed by atoms with Crippen LogP contribution in [0.4, 0.5) is 4.39 Å². The Morgan fingerprint density at radius 3 is 2.55 bits per heavy atom. The number of aromatic nitrogens is 1. The molecular formula is C21H20FN3O4.